The molecule has 28 heavy (non-hydrogen) atoms. The summed E-state index contributed by atoms with van der Waals surface area (Å²) in [6.45, 7) is 1.20. The Balaban J connectivity index is 1.79. The highest BCUT2D eigenvalue weighted by Crippen LogP contribution is 2.35. The fourth-order valence-electron chi connectivity index (χ4n) is 2.68. The van der Waals surface area contributed by atoms with Crippen molar-refractivity contribution in [1.82, 2.24) is 5.32 Å². The molecule has 0 spiro atoms. The molecule has 1 aliphatic heterocycles. The lowest BCUT2D eigenvalue weighted by Crippen LogP contribution is -2.39. The minimum absolute atomic E-state index is 0.0626. The Kier molecular flexibility index (Phi) is 5.26. The molecule has 0 bridgehead atoms. The Morgan fingerprint density at radius 2 is 1.89 bits per heavy atom. The van der Waals surface area contributed by atoms with Gasteiger partial charge in [-0.15, -0.1) is 0 Å². The molecule has 0 radical (unpaired) electrons. The van der Waals surface area contributed by atoms with E-state index in [9.17, 15) is 27.1 Å². The number of halogens is 2. The van der Waals surface area contributed by atoms with Crippen LogP contribution < -0.4 is 14.8 Å². The summed E-state index contributed by atoms with van der Waals surface area (Å²) in [5.41, 5.74) is -1.54. The normalized spacial score (nSPS) is 15.3. The van der Waals surface area contributed by atoms with E-state index in [4.69, 9.17) is 9.47 Å². The van der Waals surface area contributed by atoms with Gasteiger partial charge in [0.2, 0.25) is 16.6 Å². The van der Waals surface area contributed by atoms with Crippen molar-refractivity contribution in [2.75, 3.05) is 13.3 Å². The number of amides is 1. The van der Waals surface area contributed by atoms with Gasteiger partial charge in [-0.2, -0.15) is 8.78 Å². The van der Waals surface area contributed by atoms with E-state index in [0.717, 1.165) is 12.1 Å². The molecule has 150 valence electrons. The number of alkyl halides is 2. The van der Waals surface area contributed by atoms with Crippen LogP contribution in [-0.4, -0.2) is 38.5 Å². The van der Waals surface area contributed by atoms with Crippen LogP contribution in [-0.2, 0) is 15.4 Å². The highest BCUT2D eigenvalue weighted by Gasteiger charge is 2.32. The highest BCUT2D eigenvalue weighted by atomic mass is 32.2. The van der Waals surface area contributed by atoms with E-state index in [0.29, 0.717) is 17.1 Å². The lowest BCUT2D eigenvalue weighted by molar-refractivity contribution is 0.0524. The van der Waals surface area contributed by atoms with Gasteiger partial charge in [0.1, 0.15) is 5.60 Å². The number of carbonyl (C=O) groups excluding carboxylic acids is 1. The van der Waals surface area contributed by atoms with Crippen LogP contribution in [0.3, 0.4) is 0 Å². The average molecular weight is 413 g/mol. The Morgan fingerprint density at radius 1 is 1.21 bits per heavy atom. The molecule has 7 nitrogen and oxygen atoms in total. The second kappa shape index (κ2) is 7.36. The van der Waals surface area contributed by atoms with Crippen LogP contribution in [0.15, 0.2) is 47.4 Å². The number of carbonyl (C=O) groups is 1. The van der Waals surface area contributed by atoms with Gasteiger partial charge in [-0.25, -0.2) is 8.42 Å². The molecule has 2 aromatic rings. The predicted molar refractivity (Wildman–Crippen MR) is 94.1 cm³/mol. The molecular weight excluding hydrogens is 396 g/mol. The minimum atomic E-state index is -4.95. The van der Waals surface area contributed by atoms with Crippen molar-refractivity contribution >= 4 is 15.7 Å². The summed E-state index contributed by atoms with van der Waals surface area (Å²) in [5, 5.41) is 13.1. The average Bonchev–Trinajstić information content (AvgIpc) is 3.14. The number of sulfone groups is 1. The molecule has 0 saturated carbocycles. The highest BCUT2D eigenvalue weighted by molar-refractivity contribution is 7.91. The number of benzene rings is 2. The van der Waals surface area contributed by atoms with Gasteiger partial charge in [0, 0.05) is 0 Å². The van der Waals surface area contributed by atoms with Gasteiger partial charge in [0.05, 0.1) is 17.0 Å². The summed E-state index contributed by atoms with van der Waals surface area (Å²) < 4.78 is 59.7. The smallest absolute Gasteiger partial charge is 0.341 e. The van der Waals surface area contributed by atoms with Crippen molar-refractivity contribution in [3.05, 3.63) is 53.6 Å². The van der Waals surface area contributed by atoms with Gasteiger partial charge in [0.15, 0.2) is 11.5 Å². The Morgan fingerprint density at radius 3 is 2.61 bits per heavy atom. The fourth-order valence-corrected chi connectivity index (χ4v) is 3.61. The summed E-state index contributed by atoms with van der Waals surface area (Å²) in [4.78, 5) is 11.7. The maximum atomic E-state index is 12.9. The first kappa shape index (κ1) is 20.0. The lowest BCUT2D eigenvalue weighted by Gasteiger charge is -2.24. The number of hydrogen-bond acceptors (Lipinski definition) is 6. The van der Waals surface area contributed by atoms with Crippen molar-refractivity contribution in [3.8, 4) is 11.5 Å². The van der Waals surface area contributed by atoms with E-state index in [1.54, 1.807) is 18.2 Å². The van der Waals surface area contributed by atoms with E-state index < -0.39 is 37.6 Å². The largest absolute Gasteiger partial charge is 0.454 e. The molecule has 3 rings (SSSR count). The molecule has 0 unspecified atom stereocenters. The van der Waals surface area contributed by atoms with Gasteiger partial charge >= 0.3 is 5.76 Å². The van der Waals surface area contributed by atoms with Gasteiger partial charge in [-0.1, -0.05) is 18.2 Å². The third kappa shape index (κ3) is 3.78. The zero-order valence-electron chi connectivity index (χ0n) is 14.7. The summed E-state index contributed by atoms with van der Waals surface area (Å²) in [5.74, 6) is -3.59. The second-order valence-corrected chi connectivity index (χ2v) is 8.21. The first-order valence-corrected chi connectivity index (χ1v) is 9.69. The Labute approximate surface area is 159 Å². The minimum Gasteiger partial charge on any atom is -0.454 e. The van der Waals surface area contributed by atoms with E-state index in [2.05, 4.69) is 5.32 Å². The molecule has 0 fully saturated rings. The van der Waals surface area contributed by atoms with Crippen molar-refractivity contribution in [2.45, 2.75) is 23.2 Å². The van der Waals surface area contributed by atoms with Crippen LogP contribution in [0.4, 0.5) is 8.78 Å². The molecule has 0 aromatic heterocycles. The number of fused-ring (bicyclic) bond motifs is 1. The monoisotopic (exact) mass is 413 g/mol. The van der Waals surface area contributed by atoms with Crippen LogP contribution >= 0.6 is 0 Å². The molecule has 1 atom stereocenters. The van der Waals surface area contributed by atoms with Crippen molar-refractivity contribution in [2.24, 2.45) is 0 Å². The zero-order chi connectivity index (χ0) is 20.5. The van der Waals surface area contributed by atoms with E-state index in [-0.39, 0.29) is 13.3 Å². The first-order valence-electron chi connectivity index (χ1n) is 8.15. The summed E-state index contributed by atoms with van der Waals surface area (Å²) >= 11 is 0. The fraction of sp³-hybridized carbons (Fsp3) is 0.278. The van der Waals surface area contributed by atoms with Crippen LogP contribution in [0.5, 0.6) is 11.5 Å². The SMILES string of the molecule is C[C@](O)(CNC(=O)c1ccccc1S(=O)(=O)C(F)F)c1ccc2c(c1)OCO2. The molecule has 1 heterocycles. The van der Waals surface area contributed by atoms with E-state index >= 15 is 0 Å². The quantitative estimate of drug-likeness (QED) is 0.752. The van der Waals surface area contributed by atoms with Crippen molar-refractivity contribution in [1.29, 1.82) is 0 Å². The predicted octanol–water partition coefficient (Wildman–Crippen LogP) is 2.05. The van der Waals surface area contributed by atoms with E-state index in [1.165, 1.54) is 19.1 Å². The van der Waals surface area contributed by atoms with Crippen molar-refractivity contribution < 1.29 is 36.6 Å². The number of hydrogen-bond donors (Lipinski definition) is 2. The van der Waals surface area contributed by atoms with Crippen LogP contribution in [0.1, 0.15) is 22.8 Å². The molecular formula is C18H17F2NO6S. The molecule has 1 aliphatic rings. The summed E-state index contributed by atoms with van der Waals surface area (Å²) in [7, 11) is -4.95. The maximum absolute atomic E-state index is 12.9. The maximum Gasteiger partial charge on any atom is 0.341 e. The van der Waals surface area contributed by atoms with Gasteiger partial charge in [-0.3, -0.25) is 4.79 Å². The van der Waals surface area contributed by atoms with Gasteiger partial charge in [-0.05, 0) is 36.8 Å². The topological polar surface area (TPSA) is 102 Å². The standard InChI is InChI=1S/C18H17F2NO6S/c1-18(23,11-6-7-13-14(8-11)27-10-26-13)9-21-16(22)12-4-2-3-5-15(12)28(24,25)17(19)20/h2-8,17,23H,9-10H2,1H3,(H,21,22)/t18-/m0/s1. The molecule has 10 heteroatoms. The van der Waals surface area contributed by atoms with Gasteiger partial charge < -0.3 is 19.9 Å². The number of rotatable bonds is 6. The molecule has 2 aromatic carbocycles. The number of aliphatic hydroxyl groups is 1. The first-order chi connectivity index (χ1) is 13.1. The third-order valence-electron chi connectivity index (χ3n) is 4.26. The van der Waals surface area contributed by atoms with Crippen LogP contribution in [0.25, 0.3) is 0 Å². The van der Waals surface area contributed by atoms with Crippen molar-refractivity contribution in [3.63, 3.8) is 0 Å². The van der Waals surface area contributed by atoms with Crippen LogP contribution in [0.2, 0.25) is 0 Å². The zero-order valence-corrected chi connectivity index (χ0v) is 15.5. The summed E-state index contributed by atoms with van der Waals surface area (Å²) in [6.07, 6.45) is 0. The number of nitrogens with one attached hydrogen (secondary N) is 1. The lowest BCUT2D eigenvalue weighted by atomic mass is 9.95. The van der Waals surface area contributed by atoms with E-state index in [1.807, 2.05) is 0 Å². The number of ether oxygens (including phenoxy) is 2. The second-order valence-electron chi connectivity index (χ2n) is 6.33. The molecule has 1 amide bonds. The Hall–Kier alpha value is -2.72. The molecule has 2 N–H and O–H groups in total. The Bertz CT molecular complexity index is 1010. The molecule has 0 saturated heterocycles. The van der Waals surface area contributed by atoms with Crippen LogP contribution in [0, 0.1) is 0 Å². The van der Waals surface area contributed by atoms with Gasteiger partial charge in [0.25, 0.3) is 5.91 Å². The third-order valence-corrected chi connectivity index (χ3v) is 5.70. The molecule has 0 aliphatic carbocycles. The summed E-state index contributed by atoms with van der Waals surface area (Å²) in [6, 6.07) is 9.42.